The maximum Gasteiger partial charge on any atom is 0.317 e. The van der Waals surface area contributed by atoms with E-state index in [1.165, 1.54) is 18.4 Å². The first-order valence-corrected chi connectivity index (χ1v) is 10.0. The average molecular weight is 366 g/mol. The lowest BCUT2D eigenvalue weighted by molar-refractivity contribution is -0.139. The number of urea groups is 1. The predicted octanol–water partition coefficient (Wildman–Crippen LogP) is 3.09. The zero-order valence-electron chi connectivity index (χ0n) is 16.6. The number of aliphatic carboxylic acids is 1. The minimum Gasteiger partial charge on any atom is -0.480 e. The molecule has 0 bridgehead atoms. The summed E-state index contributed by atoms with van der Waals surface area (Å²) in [5.74, 6) is -0.786. The van der Waals surface area contributed by atoms with E-state index >= 15 is 0 Å². The van der Waals surface area contributed by atoms with Crippen LogP contribution in [0.3, 0.4) is 0 Å². The second kappa shape index (κ2) is 9.40. The number of carboxylic acids is 1. The molecule has 26 heavy (non-hydrogen) atoms. The van der Waals surface area contributed by atoms with Crippen LogP contribution in [0.25, 0.3) is 0 Å². The smallest absolute Gasteiger partial charge is 0.317 e. The number of hydrogen-bond donors (Lipinski definition) is 2. The highest BCUT2D eigenvalue weighted by molar-refractivity contribution is 5.74. The molecule has 0 unspecified atom stereocenters. The van der Waals surface area contributed by atoms with Crippen LogP contribution >= 0.6 is 0 Å². The third kappa shape index (κ3) is 5.73. The number of likely N-dealkylation sites (tertiary alicyclic amines) is 1. The molecule has 0 aromatic rings. The van der Waals surface area contributed by atoms with Gasteiger partial charge in [-0.3, -0.25) is 9.69 Å². The van der Waals surface area contributed by atoms with Gasteiger partial charge in [0.25, 0.3) is 0 Å². The first kappa shape index (κ1) is 20.7. The molecule has 6 nitrogen and oxygen atoms in total. The van der Waals surface area contributed by atoms with E-state index in [9.17, 15) is 9.59 Å². The van der Waals surface area contributed by atoms with Gasteiger partial charge < -0.3 is 15.3 Å². The van der Waals surface area contributed by atoms with Crippen LogP contribution in [0.1, 0.15) is 59.3 Å². The van der Waals surface area contributed by atoms with Crippen LogP contribution in [0.5, 0.6) is 0 Å². The molecule has 148 valence electrons. The third-order valence-corrected chi connectivity index (χ3v) is 5.85. The van der Waals surface area contributed by atoms with E-state index in [2.05, 4.69) is 25.2 Å². The van der Waals surface area contributed by atoms with Crippen LogP contribution in [0.2, 0.25) is 0 Å². The van der Waals surface area contributed by atoms with Crippen molar-refractivity contribution in [3.8, 4) is 0 Å². The number of allylic oxidation sites excluding steroid dienone is 1. The summed E-state index contributed by atoms with van der Waals surface area (Å²) in [6.45, 7) is 9.26. The van der Waals surface area contributed by atoms with Crippen molar-refractivity contribution in [3.05, 3.63) is 11.6 Å². The quantitative estimate of drug-likeness (QED) is 0.680. The van der Waals surface area contributed by atoms with Gasteiger partial charge in [-0.1, -0.05) is 32.4 Å². The van der Waals surface area contributed by atoms with E-state index in [4.69, 9.17) is 5.11 Å². The Morgan fingerprint density at radius 2 is 2.00 bits per heavy atom. The number of carbonyl (C=O) groups is 2. The van der Waals surface area contributed by atoms with Gasteiger partial charge in [0.1, 0.15) is 0 Å². The molecule has 2 amide bonds. The van der Waals surface area contributed by atoms with E-state index in [0.717, 1.165) is 32.2 Å². The summed E-state index contributed by atoms with van der Waals surface area (Å²) < 4.78 is 0. The van der Waals surface area contributed by atoms with Crippen molar-refractivity contribution in [2.24, 2.45) is 5.41 Å². The van der Waals surface area contributed by atoms with E-state index in [0.29, 0.717) is 19.6 Å². The van der Waals surface area contributed by atoms with Crippen molar-refractivity contribution >= 4 is 12.0 Å². The Kier molecular flexibility index (Phi) is 7.50. The molecule has 0 aromatic heterocycles. The van der Waals surface area contributed by atoms with Gasteiger partial charge in [-0.25, -0.2) is 4.79 Å². The molecule has 1 aliphatic heterocycles. The number of rotatable bonds is 7. The van der Waals surface area contributed by atoms with Crippen molar-refractivity contribution < 1.29 is 14.7 Å². The van der Waals surface area contributed by atoms with Gasteiger partial charge >= 0.3 is 12.0 Å². The maximum atomic E-state index is 12.5. The molecule has 1 saturated heterocycles. The molecular weight excluding hydrogens is 330 g/mol. The highest BCUT2D eigenvalue weighted by Gasteiger charge is 2.29. The van der Waals surface area contributed by atoms with Gasteiger partial charge in [-0.2, -0.15) is 0 Å². The van der Waals surface area contributed by atoms with Gasteiger partial charge in [0.15, 0.2) is 0 Å². The molecule has 1 fully saturated rings. The van der Waals surface area contributed by atoms with E-state index in [1.807, 2.05) is 16.7 Å². The molecule has 0 radical (unpaired) electrons. The summed E-state index contributed by atoms with van der Waals surface area (Å²) in [6, 6.07) is 0.262. The number of carbonyl (C=O) groups excluding carboxylic acids is 1. The Balaban J connectivity index is 1.79. The summed E-state index contributed by atoms with van der Waals surface area (Å²) in [4.78, 5) is 27.4. The minimum absolute atomic E-state index is 0.00853. The lowest BCUT2D eigenvalue weighted by atomic mass is 9.78. The zero-order valence-corrected chi connectivity index (χ0v) is 16.6. The van der Waals surface area contributed by atoms with Gasteiger partial charge in [-0.15, -0.1) is 0 Å². The topological polar surface area (TPSA) is 72.9 Å². The fourth-order valence-corrected chi connectivity index (χ4v) is 4.08. The molecular formula is C20H35N3O3. The van der Waals surface area contributed by atoms with Crippen molar-refractivity contribution in [2.75, 3.05) is 32.7 Å². The summed E-state index contributed by atoms with van der Waals surface area (Å²) >= 11 is 0. The molecule has 0 saturated carbocycles. The van der Waals surface area contributed by atoms with Crippen LogP contribution < -0.4 is 5.32 Å². The van der Waals surface area contributed by atoms with Gasteiger partial charge in [0.05, 0.1) is 6.54 Å². The average Bonchev–Trinajstić information content (AvgIpc) is 2.65. The number of likely N-dealkylation sites (N-methyl/N-ethyl adjacent to an activating group) is 1. The number of piperidine rings is 1. The Morgan fingerprint density at radius 1 is 1.31 bits per heavy atom. The number of hydrogen-bond acceptors (Lipinski definition) is 3. The Labute approximate surface area is 157 Å². The van der Waals surface area contributed by atoms with Crippen LogP contribution in [0, 0.1) is 5.41 Å². The normalized spacial score (nSPS) is 19.4. The van der Waals surface area contributed by atoms with E-state index < -0.39 is 5.97 Å². The van der Waals surface area contributed by atoms with Crippen molar-refractivity contribution in [2.45, 2.75) is 65.3 Å². The van der Waals surface area contributed by atoms with Gasteiger partial charge in [0.2, 0.25) is 0 Å². The molecule has 2 N–H and O–H groups in total. The molecule has 2 aliphatic rings. The monoisotopic (exact) mass is 365 g/mol. The Hall–Kier alpha value is -1.56. The summed E-state index contributed by atoms with van der Waals surface area (Å²) in [5, 5.41) is 12.1. The lowest BCUT2D eigenvalue weighted by Gasteiger charge is -2.38. The first-order chi connectivity index (χ1) is 12.3. The Morgan fingerprint density at radius 3 is 2.54 bits per heavy atom. The predicted molar refractivity (Wildman–Crippen MR) is 103 cm³/mol. The van der Waals surface area contributed by atoms with Crippen LogP contribution in [0.4, 0.5) is 4.79 Å². The molecule has 1 aliphatic carbocycles. The zero-order chi connectivity index (χ0) is 19.2. The fourth-order valence-electron chi connectivity index (χ4n) is 4.08. The van der Waals surface area contributed by atoms with E-state index in [-0.39, 0.29) is 24.0 Å². The van der Waals surface area contributed by atoms with E-state index in [1.54, 1.807) is 0 Å². The fraction of sp³-hybridized carbons (Fsp3) is 0.800. The van der Waals surface area contributed by atoms with Gasteiger partial charge in [-0.05, 0) is 45.1 Å². The van der Waals surface area contributed by atoms with Crippen molar-refractivity contribution in [1.29, 1.82) is 0 Å². The molecule has 1 heterocycles. The highest BCUT2D eigenvalue weighted by Crippen LogP contribution is 2.33. The van der Waals surface area contributed by atoms with Crippen molar-refractivity contribution in [1.82, 2.24) is 15.1 Å². The number of carboxylic acid groups (broad SMARTS) is 1. The number of nitrogens with zero attached hydrogens (tertiary/aromatic N) is 2. The largest absolute Gasteiger partial charge is 0.480 e. The third-order valence-electron chi connectivity index (χ3n) is 5.85. The lowest BCUT2D eigenvalue weighted by Crippen LogP contribution is -2.51. The number of amides is 2. The molecule has 0 atom stereocenters. The highest BCUT2D eigenvalue weighted by atomic mass is 16.4. The molecule has 0 aromatic carbocycles. The first-order valence-electron chi connectivity index (χ1n) is 10.0. The second-order valence-electron chi connectivity index (χ2n) is 8.19. The minimum atomic E-state index is -0.786. The molecule has 6 heteroatoms. The van der Waals surface area contributed by atoms with Gasteiger partial charge in [0, 0.05) is 31.1 Å². The molecule has 0 spiro atoms. The second-order valence-corrected chi connectivity index (χ2v) is 8.19. The Bertz CT molecular complexity index is 522. The maximum absolute atomic E-state index is 12.5. The summed E-state index contributed by atoms with van der Waals surface area (Å²) in [5.41, 5.74) is 1.48. The summed E-state index contributed by atoms with van der Waals surface area (Å²) in [7, 11) is 0. The summed E-state index contributed by atoms with van der Waals surface area (Å²) in [6.07, 6.45) is 8.85. The number of nitrogens with one attached hydrogen (secondary N) is 1. The standard InChI is InChI=1S/C20H35N3O3/c1-4-22(14-18(24)25)17-10-12-23(13-11-17)19(26)21-15-20(2,3)16-8-6-5-7-9-16/h8,17H,4-7,9-15H2,1-3H3,(H,21,26)(H,24,25). The molecule has 2 rings (SSSR count). The van der Waals surface area contributed by atoms with Crippen LogP contribution in [-0.4, -0.2) is 65.7 Å². The van der Waals surface area contributed by atoms with Crippen LogP contribution in [-0.2, 0) is 4.79 Å². The SMILES string of the molecule is CCN(CC(=O)O)C1CCN(C(=O)NCC(C)(C)C2=CCCCC2)CC1. The van der Waals surface area contributed by atoms with Crippen LogP contribution in [0.15, 0.2) is 11.6 Å². The van der Waals surface area contributed by atoms with Crippen molar-refractivity contribution in [3.63, 3.8) is 0 Å².